The molecule has 0 unspecified atom stereocenters. The SMILES string of the molecule is Cc1c(N=C/C(Br)=C/c2ccccc2)c(=O)n(-c2ccccc2)n1C. The number of aliphatic imine (C=N–C) groups is 1. The summed E-state index contributed by atoms with van der Waals surface area (Å²) in [5, 5.41) is 0. The molecular weight excluding hydrogens is 378 g/mol. The van der Waals surface area contributed by atoms with E-state index in [1.54, 1.807) is 10.9 Å². The lowest BCUT2D eigenvalue weighted by molar-refractivity contribution is 0.630. The molecule has 1 heterocycles. The summed E-state index contributed by atoms with van der Waals surface area (Å²) in [6.45, 7) is 1.89. The monoisotopic (exact) mass is 395 g/mol. The van der Waals surface area contributed by atoms with Crippen molar-refractivity contribution in [2.24, 2.45) is 12.0 Å². The molecule has 0 aliphatic rings. The minimum Gasteiger partial charge on any atom is -0.283 e. The number of hydrogen-bond acceptors (Lipinski definition) is 2. The summed E-state index contributed by atoms with van der Waals surface area (Å²) in [6.07, 6.45) is 3.61. The lowest BCUT2D eigenvalue weighted by atomic mass is 10.2. The maximum Gasteiger partial charge on any atom is 0.297 e. The molecule has 0 N–H and O–H groups in total. The van der Waals surface area contributed by atoms with Gasteiger partial charge in [-0.3, -0.25) is 9.48 Å². The predicted octanol–water partition coefficient (Wildman–Crippen LogP) is 4.62. The topological polar surface area (TPSA) is 39.3 Å². The van der Waals surface area contributed by atoms with Crippen molar-refractivity contribution in [3.05, 3.63) is 86.8 Å². The zero-order valence-electron chi connectivity index (χ0n) is 14.1. The molecule has 0 aliphatic carbocycles. The summed E-state index contributed by atoms with van der Waals surface area (Å²) in [6, 6.07) is 19.5. The standard InChI is InChI=1S/C20H18BrN3O/c1-15-19(22-14-17(21)13-16-9-5-3-6-10-16)20(25)24(23(15)2)18-11-7-4-8-12-18/h3-14H,1-2H3/b17-13-,22-14?. The van der Waals surface area contributed by atoms with Crippen molar-refractivity contribution in [1.82, 2.24) is 9.36 Å². The van der Waals surface area contributed by atoms with Crippen LogP contribution in [0.25, 0.3) is 11.8 Å². The van der Waals surface area contributed by atoms with Crippen LogP contribution in [-0.4, -0.2) is 15.6 Å². The first-order valence-corrected chi connectivity index (χ1v) is 8.67. The van der Waals surface area contributed by atoms with Gasteiger partial charge in [0, 0.05) is 17.7 Å². The number of benzene rings is 2. The van der Waals surface area contributed by atoms with Crippen LogP contribution < -0.4 is 5.56 Å². The Morgan fingerprint density at radius 2 is 1.64 bits per heavy atom. The highest BCUT2D eigenvalue weighted by atomic mass is 79.9. The minimum atomic E-state index is -0.137. The number of halogens is 1. The highest BCUT2D eigenvalue weighted by Crippen LogP contribution is 2.18. The molecule has 0 bridgehead atoms. The fourth-order valence-corrected chi connectivity index (χ4v) is 2.94. The van der Waals surface area contributed by atoms with E-state index < -0.39 is 0 Å². The zero-order valence-corrected chi connectivity index (χ0v) is 15.6. The average Bonchev–Trinajstić information content (AvgIpc) is 2.84. The third-order valence-electron chi connectivity index (χ3n) is 3.94. The number of nitrogens with zero attached hydrogens (tertiary/aromatic N) is 3. The quantitative estimate of drug-likeness (QED) is 0.593. The van der Waals surface area contributed by atoms with Gasteiger partial charge in [0.05, 0.1) is 11.4 Å². The average molecular weight is 396 g/mol. The summed E-state index contributed by atoms with van der Waals surface area (Å²) >= 11 is 3.49. The molecule has 2 aromatic carbocycles. The molecule has 0 spiro atoms. The molecule has 0 fully saturated rings. The van der Waals surface area contributed by atoms with Gasteiger partial charge in [-0.2, -0.15) is 0 Å². The second kappa shape index (κ2) is 7.49. The normalized spacial score (nSPS) is 12.0. The van der Waals surface area contributed by atoms with Gasteiger partial charge in [0.1, 0.15) is 0 Å². The molecular formula is C20H18BrN3O. The predicted molar refractivity (Wildman–Crippen MR) is 107 cm³/mol. The van der Waals surface area contributed by atoms with Crippen LogP contribution >= 0.6 is 15.9 Å². The van der Waals surface area contributed by atoms with Crippen molar-refractivity contribution < 1.29 is 0 Å². The van der Waals surface area contributed by atoms with Gasteiger partial charge in [-0.25, -0.2) is 9.67 Å². The maximum atomic E-state index is 12.8. The highest BCUT2D eigenvalue weighted by Gasteiger charge is 2.14. The van der Waals surface area contributed by atoms with Gasteiger partial charge in [0.2, 0.25) is 0 Å². The van der Waals surface area contributed by atoms with Crippen LogP contribution in [0.3, 0.4) is 0 Å². The van der Waals surface area contributed by atoms with Gasteiger partial charge in [0.25, 0.3) is 5.56 Å². The number of para-hydroxylation sites is 1. The first-order valence-electron chi connectivity index (χ1n) is 7.88. The van der Waals surface area contributed by atoms with Gasteiger partial charge in [-0.05, 0) is 46.6 Å². The second-order valence-corrected chi connectivity index (χ2v) is 6.52. The molecule has 3 aromatic rings. The molecule has 5 heteroatoms. The molecule has 0 saturated heterocycles. The van der Waals surface area contributed by atoms with E-state index in [9.17, 15) is 4.79 Å². The van der Waals surface area contributed by atoms with Crippen molar-refractivity contribution in [3.8, 4) is 5.69 Å². The van der Waals surface area contributed by atoms with Gasteiger partial charge in [-0.1, -0.05) is 48.5 Å². The Balaban J connectivity index is 1.96. The molecule has 0 aliphatic heterocycles. The maximum absolute atomic E-state index is 12.8. The molecule has 0 amide bonds. The first kappa shape index (κ1) is 17.2. The number of allylic oxidation sites excluding steroid dienone is 1. The Morgan fingerprint density at radius 3 is 2.28 bits per heavy atom. The van der Waals surface area contributed by atoms with E-state index in [0.29, 0.717) is 5.69 Å². The fraction of sp³-hybridized carbons (Fsp3) is 0.100. The number of hydrogen-bond donors (Lipinski definition) is 0. The van der Waals surface area contributed by atoms with Crippen LogP contribution in [0.2, 0.25) is 0 Å². The van der Waals surface area contributed by atoms with E-state index >= 15 is 0 Å². The highest BCUT2D eigenvalue weighted by molar-refractivity contribution is 9.12. The molecule has 4 nitrogen and oxygen atoms in total. The Bertz CT molecular complexity index is 983. The molecule has 3 rings (SSSR count). The van der Waals surface area contributed by atoms with Crippen LogP contribution in [0.5, 0.6) is 0 Å². The number of rotatable bonds is 4. The molecule has 0 atom stereocenters. The Hall–Kier alpha value is -2.66. The van der Waals surface area contributed by atoms with Crippen molar-refractivity contribution in [2.45, 2.75) is 6.92 Å². The molecule has 1 aromatic heterocycles. The Labute approximate surface area is 154 Å². The molecule has 25 heavy (non-hydrogen) atoms. The van der Waals surface area contributed by atoms with Crippen LogP contribution in [0, 0.1) is 6.92 Å². The van der Waals surface area contributed by atoms with E-state index in [1.807, 2.05) is 85.4 Å². The van der Waals surface area contributed by atoms with Crippen LogP contribution in [0.1, 0.15) is 11.3 Å². The van der Waals surface area contributed by atoms with E-state index in [2.05, 4.69) is 20.9 Å². The minimum absolute atomic E-state index is 0.137. The second-order valence-electron chi connectivity index (χ2n) is 5.61. The summed E-state index contributed by atoms with van der Waals surface area (Å²) < 4.78 is 4.24. The fourth-order valence-electron chi connectivity index (χ4n) is 2.57. The third kappa shape index (κ3) is 3.72. The van der Waals surface area contributed by atoms with Gasteiger partial charge >= 0.3 is 0 Å². The first-order chi connectivity index (χ1) is 12.1. The smallest absolute Gasteiger partial charge is 0.283 e. The van der Waals surface area contributed by atoms with Crippen LogP contribution in [-0.2, 0) is 7.05 Å². The van der Waals surface area contributed by atoms with E-state index in [-0.39, 0.29) is 5.56 Å². The summed E-state index contributed by atoms with van der Waals surface area (Å²) in [7, 11) is 1.86. The number of aromatic nitrogens is 2. The van der Waals surface area contributed by atoms with E-state index in [0.717, 1.165) is 21.4 Å². The lowest BCUT2D eigenvalue weighted by Crippen LogP contribution is -2.19. The van der Waals surface area contributed by atoms with Gasteiger partial charge < -0.3 is 0 Å². The summed E-state index contributed by atoms with van der Waals surface area (Å²) in [4.78, 5) is 17.2. The van der Waals surface area contributed by atoms with Gasteiger partial charge in [0.15, 0.2) is 5.69 Å². The van der Waals surface area contributed by atoms with Gasteiger partial charge in [-0.15, -0.1) is 0 Å². The van der Waals surface area contributed by atoms with E-state index in [1.165, 1.54) is 0 Å². The van der Waals surface area contributed by atoms with Crippen LogP contribution in [0.4, 0.5) is 5.69 Å². The summed E-state index contributed by atoms with van der Waals surface area (Å²) in [5.74, 6) is 0. The van der Waals surface area contributed by atoms with Crippen molar-refractivity contribution in [3.63, 3.8) is 0 Å². The third-order valence-corrected chi connectivity index (χ3v) is 4.38. The molecule has 126 valence electrons. The summed E-state index contributed by atoms with van der Waals surface area (Å²) in [5.41, 5.74) is 2.99. The van der Waals surface area contributed by atoms with Crippen molar-refractivity contribution in [1.29, 1.82) is 0 Å². The molecule has 0 saturated carbocycles. The van der Waals surface area contributed by atoms with Crippen molar-refractivity contribution in [2.75, 3.05) is 0 Å². The van der Waals surface area contributed by atoms with Crippen molar-refractivity contribution >= 4 is 33.9 Å². The Morgan fingerprint density at radius 1 is 1.04 bits per heavy atom. The van der Waals surface area contributed by atoms with E-state index in [4.69, 9.17) is 0 Å². The largest absolute Gasteiger partial charge is 0.297 e. The molecule has 0 radical (unpaired) electrons. The zero-order chi connectivity index (χ0) is 17.8. The van der Waals surface area contributed by atoms with Crippen LogP contribution in [0.15, 0.2) is 74.9 Å². The lowest BCUT2D eigenvalue weighted by Gasteiger charge is -2.07. The Kier molecular flexibility index (Phi) is 5.14.